The molecule has 3 rings (SSSR count). The van der Waals surface area contributed by atoms with Crippen molar-refractivity contribution in [3.8, 4) is 11.4 Å². The number of aromatic nitrogens is 2. The van der Waals surface area contributed by atoms with E-state index in [9.17, 15) is 9.59 Å². The molecule has 0 aliphatic heterocycles. The van der Waals surface area contributed by atoms with Gasteiger partial charge in [-0.15, -0.1) is 0 Å². The van der Waals surface area contributed by atoms with Crippen molar-refractivity contribution in [2.24, 2.45) is 0 Å². The highest BCUT2D eigenvalue weighted by Crippen LogP contribution is 2.23. The molecule has 7 nitrogen and oxygen atoms in total. The molecule has 2 aromatic carbocycles. The van der Waals surface area contributed by atoms with Gasteiger partial charge in [-0.3, -0.25) is 5.32 Å². The normalized spacial score (nSPS) is 10.2. The number of nitrogens with one attached hydrogen (secondary N) is 2. The lowest BCUT2D eigenvalue weighted by Gasteiger charge is -2.14. The molecular weight excluding hydrogens is 356 g/mol. The number of hydrogen-bond acceptors (Lipinski definition) is 5. The molecule has 0 bridgehead atoms. The van der Waals surface area contributed by atoms with Crippen LogP contribution >= 0.6 is 0 Å². The first-order valence-corrected chi connectivity index (χ1v) is 8.82. The van der Waals surface area contributed by atoms with E-state index >= 15 is 0 Å². The lowest BCUT2D eigenvalue weighted by atomic mass is 10.1. The second-order valence-electron chi connectivity index (χ2n) is 5.89. The number of benzene rings is 2. The summed E-state index contributed by atoms with van der Waals surface area (Å²) in [5, 5.41) is 5.35. The Labute approximate surface area is 162 Å². The van der Waals surface area contributed by atoms with Gasteiger partial charge in [0.1, 0.15) is 5.56 Å². The van der Waals surface area contributed by atoms with Crippen LogP contribution in [0, 0.1) is 6.92 Å². The number of esters is 1. The van der Waals surface area contributed by atoms with Crippen LogP contribution in [0.15, 0.2) is 60.7 Å². The van der Waals surface area contributed by atoms with Crippen LogP contribution in [-0.4, -0.2) is 28.6 Å². The van der Waals surface area contributed by atoms with Gasteiger partial charge in [0.15, 0.2) is 11.6 Å². The van der Waals surface area contributed by atoms with E-state index in [0.29, 0.717) is 17.2 Å². The molecule has 7 heteroatoms. The van der Waals surface area contributed by atoms with E-state index in [1.807, 2.05) is 48.5 Å². The average Bonchev–Trinajstić information content (AvgIpc) is 2.69. The number of ether oxygens (including phenoxy) is 1. The third-order valence-electron chi connectivity index (χ3n) is 3.87. The minimum Gasteiger partial charge on any atom is -0.462 e. The smallest absolute Gasteiger partial charge is 0.343 e. The zero-order valence-electron chi connectivity index (χ0n) is 15.6. The molecule has 0 fully saturated rings. The second-order valence-corrected chi connectivity index (χ2v) is 5.89. The van der Waals surface area contributed by atoms with Crippen LogP contribution in [0.1, 0.15) is 23.0 Å². The van der Waals surface area contributed by atoms with Gasteiger partial charge in [0, 0.05) is 11.3 Å². The van der Waals surface area contributed by atoms with Crippen molar-refractivity contribution in [2.75, 3.05) is 17.2 Å². The number of aryl methyl sites for hydroxylation is 1. The molecule has 28 heavy (non-hydrogen) atoms. The Bertz CT molecular complexity index is 976. The van der Waals surface area contributed by atoms with Crippen LogP contribution in [0.5, 0.6) is 0 Å². The number of rotatable bonds is 5. The van der Waals surface area contributed by atoms with Crippen molar-refractivity contribution in [1.29, 1.82) is 0 Å². The quantitative estimate of drug-likeness (QED) is 0.649. The number of amides is 2. The van der Waals surface area contributed by atoms with E-state index in [4.69, 9.17) is 4.74 Å². The molecule has 0 saturated heterocycles. The fraction of sp³-hybridized carbons (Fsp3) is 0.143. The van der Waals surface area contributed by atoms with E-state index < -0.39 is 12.0 Å². The van der Waals surface area contributed by atoms with Crippen molar-refractivity contribution < 1.29 is 14.3 Å². The van der Waals surface area contributed by atoms with Crippen LogP contribution in [0.3, 0.4) is 0 Å². The van der Waals surface area contributed by atoms with Gasteiger partial charge in [0.25, 0.3) is 0 Å². The minimum atomic E-state index is -0.588. The first-order chi connectivity index (χ1) is 13.6. The highest BCUT2D eigenvalue weighted by Gasteiger charge is 2.22. The predicted molar refractivity (Wildman–Crippen MR) is 107 cm³/mol. The number of anilines is 2. The van der Waals surface area contributed by atoms with Crippen LogP contribution in [0.2, 0.25) is 0 Å². The zero-order valence-corrected chi connectivity index (χ0v) is 15.6. The summed E-state index contributed by atoms with van der Waals surface area (Å²) in [6.45, 7) is 3.59. The monoisotopic (exact) mass is 376 g/mol. The molecule has 0 spiro atoms. The minimum absolute atomic E-state index is 0.0956. The lowest BCUT2D eigenvalue weighted by Crippen LogP contribution is -2.23. The third-order valence-corrected chi connectivity index (χ3v) is 3.87. The highest BCUT2D eigenvalue weighted by molar-refractivity contribution is 6.04. The van der Waals surface area contributed by atoms with Gasteiger partial charge in [-0.05, 0) is 26.0 Å². The van der Waals surface area contributed by atoms with Crippen molar-refractivity contribution >= 4 is 23.5 Å². The molecule has 1 heterocycles. The molecule has 0 saturated carbocycles. The Hall–Kier alpha value is -3.74. The molecule has 0 aliphatic rings. The Balaban J connectivity index is 1.96. The fourth-order valence-corrected chi connectivity index (χ4v) is 2.62. The molecule has 0 atom stereocenters. The Morgan fingerprint density at radius 2 is 1.57 bits per heavy atom. The summed E-state index contributed by atoms with van der Waals surface area (Å²) in [6.07, 6.45) is 0. The molecule has 142 valence electrons. The van der Waals surface area contributed by atoms with E-state index in [0.717, 1.165) is 5.56 Å². The van der Waals surface area contributed by atoms with Gasteiger partial charge in [-0.25, -0.2) is 19.6 Å². The summed E-state index contributed by atoms with van der Waals surface area (Å²) in [7, 11) is 0. The van der Waals surface area contributed by atoms with Crippen LogP contribution in [0.4, 0.5) is 16.3 Å². The highest BCUT2D eigenvalue weighted by atomic mass is 16.5. The predicted octanol–water partition coefficient (Wildman–Crippen LogP) is 4.27. The summed E-state index contributed by atoms with van der Waals surface area (Å²) in [4.78, 5) is 33.7. The van der Waals surface area contributed by atoms with Gasteiger partial charge in [0.05, 0.1) is 12.3 Å². The zero-order chi connectivity index (χ0) is 19.9. The van der Waals surface area contributed by atoms with Crippen LogP contribution < -0.4 is 10.6 Å². The standard InChI is InChI=1S/C21H20N4O3/c1-3-28-20(26)17-14(2)22-18(15-10-6-4-7-11-15)24-19(17)25-21(27)23-16-12-8-5-9-13-16/h4-13H,3H2,1-2H3,(H2,22,23,24,25,27). The lowest BCUT2D eigenvalue weighted by molar-refractivity contribution is 0.0526. The number of nitrogens with zero attached hydrogens (tertiary/aromatic N) is 2. The maximum Gasteiger partial charge on any atom is 0.343 e. The molecule has 0 unspecified atom stereocenters. The van der Waals surface area contributed by atoms with Gasteiger partial charge in [-0.1, -0.05) is 48.5 Å². The summed E-state index contributed by atoms with van der Waals surface area (Å²) < 4.78 is 5.10. The Morgan fingerprint density at radius 1 is 0.929 bits per heavy atom. The first-order valence-electron chi connectivity index (χ1n) is 8.82. The van der Waals surface area contributed by atoms with Crippen molar-refractivity contribution in [3.63, 3.8) is 0 Å². The molecule has 2 N–H and O–H groups in total. The maximum atomic E-state index is 12.4. The summed E-state index contributed by atoms with van der Waals surface area (Å²) in [6, 6.07) is 17.8. The summed E-state index contributed by atoms with van der Waals surface area (Å²) in [5.41, 5.74) is 1.94. The Morgan fingerprint density at radius 3 is 2.21 bits per heavy atom. The van der Waals surface area contributed by atoms with Gasteiger partial charge in [-0.2, -0.15) is 0 Å². The topological polar surface area (TPSA) is 93.2 Å². The maximum absolute atomic E-state index is 12.4. The molecule has 0 radical (unpaired) electrons. The van der Waals surface area contributed by atoms with Crippen molar-refractivity contribution in [3.05, 3.63) is 71.9 Å². The molecule has 3 aromatic rings. The molecule has 0 aliphatic carbocycles. The van der Waals surface area contributed by atoms with Crippen LogP contribution in [0.25, 0.3) is 11.4 Å². The van der Waals surface area contributed by atoms with Crippen molar-refractivity contribution in [2.45, 2.75) is 13.8 Å². The van der Waals surface area contributed by atoms with Gasteiger partial charge >= 0.3 is 12.0 Å². The third kappa shape index (κ3) is 4.50. The second kappa shape index (κ2) is 8.77. The molecule has 1 aromatic heterocycles. The largest absolute Gasteiger partial charge is 0.462 e. The van der Waals surface area contributed by atoms with Gasteiger partial charge < -0.3 is 10.1 Å². The van der Waals surface area contributed by atoms with Crippen molar-refractivity contribution in [1.82, 2.24) is 9.97 Å². The number of carbonyl (C=O) groups excluding carboxylic acids is 2. The van der Waals surface area contributed by atoms with E-state index in [2.05, 4.69) is 20.6 Å². The first kappa shape index (κ1) is 19.0. The number of para-hydroxylation sites is 1. The number of carbonyl (C=O) groups is 2. The number of hydrogen-bond donors (Lipinski definition) is 2. The summed E-state index contributed by atoms with van der Waals surface area (Å²) >= 11 is 0. The molecular formula is C21H20N4O3. The molecule has 2 amide bonds. The number of urea groups is 1. The average molecular weight is 376 g/mol. The fourth-order valence-electron chi connectivity index (χ4n) is 2.62. The Kier molecular flexibility index (Phi) is 5.96. The van der Waals surface area contributed by atoms with E-state index in [1.165, 1.54) is 0 Å². The van der Waals surface area contributed by atoms with Gasteiger partial charge in [0.2, 0.25) is 0 Å². The van der Waals surface area contributed by atoms with Crippen LogP contribution in [-0.2, 0) is 4.74 Å². The SMILES string of the molecule is CCOC(=O)c1c(C)nc(-c2ccccc2)nc1NC(=O)Nc1ccccc1. The van der Waals surface area contributed by atoms with E-state index in [1.54, 1.807) is 26.0 Å². The van der Waals surface area contributed by atoms with E-state index in [-0.39, 0.29) is 18.0 Å². The summed E-state index contributed by atoms with van der Waals surface area (Å²) in [5.74, 6) is -0.0889.